The minimum atomic E-state index is -0.264. The molecule has 8 heteroatoms. The van der Waals surface area contributed by atoms with Crippen LogP contribution in [-0.4, -0.2) is 23.2 Å². The number of pyridine rings is 1. The number of nitrogens with one attached hydrogen (secondary N) is 1. The first kappa shape index (κ1) is 26.2. The van der Waals surface area contributed by atoms with Gasteiger partial charge in [-0.15, -0.1) is 0 Å². The molecule has 39 heavy (non-hydrogen) atoms. The number of hydrogen-bond acceptors (Lipinski definition) is 4. The van der Waals surface area contributed by atoms with E-state index in [1.165, 1.54) is 12.8 Å². The zero-order chi connectivity index (χ0) is 27.1. The van der Waals surface area contributed by atoms with Crippen molar-refractivity contribution >= 4 is 51.9 Å². The Balaban J connectivity index is 1.38. The number of thiocarbonyl (C=S) groups is 1. The van der Waals surface area contributed by atoms with E-state index in [1.807, 2.05) is 61.5 Å². The second-order valence-electron chi connectivity index (χ2n) is 10.5. The third-order valence-corrected chi connectivity index (χ3v) is 8.83. The minimum absolute atomic E-state index is 0.207. The fourth-order valence-electron chi connectivity index (χ4n) is 5.49. The molecule has 0 amide bonds. The monoisotopic (exact) mass is 576 g/mol. The molecule has 2 fully saturated rings. The highest BCUT2D eigenvalue weighted by Gasteiger charge is 2.42. The molecule has 1 N–H and O–H groups in total. The van der Waals surface area contributed by atoms with Crippen molar-refractivity contribution in [2.24, 2.45) is 5.92 Å². The molecule has 2 aromatic carbocycles. The Morgan fingerprint density at radius 3 is 2.51 bits per heavy atom. The summed E-state index contributed by atoms with van der Waals surface area (Å²) in [4.78, 5) is 9.12. The molecule has 4 aromatic rings. The van der Waals surface area contributed by atoms with E-state index in [0.717, 1.165) is 63.7 Å². The van der Waals surface area contributed by atoms with Crippen molar-refractivity contribution in [1.82, 2.24) is 10.3 Å². The Kier molecular flexibility index (Phi) is 7.27. The first-order valence-corrected chi connectivity index (χ1v) is 14.5. The standard InChI is InChI=1S/C31H30Cl2N4OS/c1-19-12-15-36(16-13-19)26-9-8-22(18-24(26)33)37-30(29(35-31(37)39)25-5-3-4-14-34-25)28-11-10-27(38-28)21-7-6-20(2)23(32)17-21/h3-11,14,17-19,29-30H,12-13,15-16H2,1-2H3,(H,35,39)/t29-,30+/m0/s1. The molecule has 0 spiro atoms. The fraction of sp³-hybridized carbons (Fsp3) is 0.290. The van der Waals surface area contributed by atoms with Gasteiger partial charge in [0.1, 0.15) is 17.6 Å². The van der Waals surface area contributed by atoms with Gasteiger partial charge in [-0.25, -0.2) is 0 Å². The van der Waals surface area contributed by atoms with Crippen molar-refractivity contribution < 1.29 is 4.42 Å². The quantitative estimate of drug-likeness (QED) is 0.241. The molecular weight excluding hydrogens is 547 g/mol. The van der Waals surface area contributed by atoms with Gasteiger partial charge in [0.05, 0.1) is 22.4 Å². The van der Waals surface area contributed by atoms with Gasteiger partial charge in [0.15, 0.2) is 5.11 Å². The molecule has 0 bridgehead atoms. The number of furan rings is 1. The lowest BCUT2D eigenvalue weighted by Crippen LogP contribution is -2.33. The van der Waals surface area contributed by atoms with E-state index in [4.69, 9.17) is 39.8 Å². The largest absolute Gasteiger partial charge is 0.459 e. The van der Waals surface area contributed by atoms with Gasteiger partial charge in [0.2, 0.25) is 0 Å². The molecule has 2 aromatic heterocycles. The van der Waals surface area contributed by atoms with E-state index in [2.05, 4.69) is 39.2 Å². The van der Waals surface area contributed by atoms with E-state index in [0.29, 0.717) is 10.1 Å². The van der Waals surface area contributed by atoms with Crippen LogP contribution in [0.1, 0.15) is 48.9 Å². The lowest BCUT2D eigenvalue weighted by atomic mass is 9.98. The van der Waals surface area contributed by atoms with Gasteiger partial charge < -0.3 is 19.5 Å². The molecule has 0 unspecified atom stereocenters. The number of piperidine rings is 1. The smallest absolute Gasteiger partial charge is 0.174 e. The summed E-state index contributed by atoms with van der Waals surface area (Å²) in [6, 6.07) is 21.6. The maximum absolute atomic E-state index is 6.90. The Hall–Kier alpha value is -3.06. The predicted molar refractivity (Wildman–Crippen MR) is 164 cm³/mol. The number of aryl methyl sites for hydroxylation is 1. The lowest BCUT2D eigenvalue weighted by molar-refractivity contribution is 0.438. The van der Waals surface area contributed by atoms with E-state index < -0.39 is 0 Å². The number of hydrogen-bond donors (Lipinski definition) is 1. The zero-order valence-corrected chi connectivity index (χ0v) is 24.2. The molecule has 2 aliphatic heterocycles. The minimum Gasteiger partial charge on any atom is -0.459 e. The van der Waals surface area contributed by atoms with Crippen LogP contribution in [0.15, 0.2) is 77.3 Å². The molecule has 2 aliphatic rings. The number of nitrogens with zero attached hydrogens (tertiary/aromatic N) is 3. The molecular formula is C31H30Cl2N4OS. The molecule has 2 saturated heterocycles. The highest BCUT2D eigenvalue weighted by atomic mass is 35.5. The highest BCUT2D eigenvalue weighted by Crippen LogP contribution is 2.44. The van der Waals surface area contributed by atoms with Crippen LogP contribution < -0.4 is 15.1 Å². The Bertz CT molecular complexity index is 1500. The summed E-state index contributed by atoms with van der Waals surface area (Å²) in [5.41, 5.74) is 4.81. The van der Waals surface area contributed by atoms with E-state index in [1.54, 1.807) is 6.20 Å². The second-order valence-corrected chi connectivity index (χ2v) is 11.7. The number of benzene rings is 2. The summed E-state index contributed by atoms with van der Waals surface area (Å²) < 4.78 is 6.49. The van der Waals surface area contributed by atoms with Crippen molar-refractivity contribution in [3.8, 4) is 11.3 Å². The highest BCUT2D eigenvalue weighted by molar-refractivity contribution is 7.80. The van der Waals surface area contributed by atoms with Crippen LogP contribution in [0, 0.1) is 12.8 Å². The summed E-state index contributed by atoms with van der Waals surface area (Å²) in [7, 11) is 0. The van der Waals surface area contributed by atoms with Crippen molar-refractivity contribution in [2.75, 3.05) is 22.9 Å². The number of halogens is 2. The summed E-state index contributed by atoms with van der Waals surface area (Å²) >= 11 is 19.2. The molecule has 0 radical (unpaired) electrons. The Morgan fingerprint density at radius 2 is 1.79 bits per heavy atom. The summed E-state index contributed by atoms with van der Waals surface area (Å²) in [5.74, 6) is 2.28. The van der Waals surface area contributed by atoms with Crippen LogP contribution in [0.25, 0.3) is 11.3 Å². The first-order valence-electron chi connectivity index (χ1n) is 13.3. The average molecular weight is 578 g/mol. The first-order chi connectivity index (χ1) is 18.9. The third kappa shape index (κ3) is 5.13. The van der Waals surface area contributed by atoms with Gasteiger partial charge in [-0.3, -0.25) is 4.98 Å². The van der Waals surface area contributed by atoms with Gasteiger partial charge in [0.25, 0.3) is 0 Å². The maximum atomic E-state index is 6.90. The lowest BCUT2D eigenvalue weighted by Gasteiger charge is -2.33. The number of anilines is 2. The van der Waals surface area contributed by atoms with Crippen LogP contribution in [-0.2, 0) is 0 Å². The molecule has 5 nitrogen and oxygen atoms in total. The second kappa shape index (κ2) is 10.8. The van der Waals surface area contributed by atoms with Crippen LogP contribution in [0.3, 0.4) is 0 Å². The van der Waals surface area contributed by atoms with Crippen LogP contribution in [0.2, 0.25) is 10.0 Å². The van der Waals surface area contributed by atoms with Crippen molar-refractivity contribution in [1.29, 1.82) is 0 Å². The Morgan fingerprint density at radius 1 is 0.974 bits per heavy atom. The Labute approximate surface area is 244 Å². The van der Waals surface area contributed by atoms with Gasteiger partial charge in [-0.05, 0) is 92.0 Å². The van der Waals surface area contributed by atoms with Crippen molar-refractivity contribution in [3.05, 3.63) is 100.0 Å². The summed E-state index contributed by atoms with van der Waals surface area (Å²) in [6.45, 7) is 6.34. The zero-order valence-electron chi connectivity index (χ0n) is 21.9. The SMILES string of the molecule is Cc1ccc(-c2ccc([C@@H]3[C@H](c4ccccn4)NC(=S)N3c3ccc(N4CCC(C)CC4)c(Cl)c3)o2)cc1Cl. The maximum Gasteiger partial charge on any atom is 0.174 e. The van der Waals surface area contributed by atoms with Crippen molar-refractivity contribution in [2.45, 2.75) is 38.8 Å². The molecule has 2 atom stereocenters. The normalized spacial score (nSPS) is 19.9. The molecule has 200 valence electrons. The van der Waals surface area contributed by atoms with Crippen molar-refractivity contribution in [3.63, 3.8) is 0 Å². The van der Waals surface area contributed by atoms with E-state index >= 15 is 0 Å². The number of rotatable bonds is 5. The number of aromatic nitrogens is 1. The molecule has 0 saturated carbocycles. The van der Waals surface area contributed by atoms with Gasteiger partial charge in [0, 0.05) is 35.6 Å². The topological polar surface area (TPSA) is 44.5 Å². The third-order valence-electron chi connectivity index (χ3n) is 7.81. The summed E-state index contributed by atoms with van der Waals surface area (Å²) in [5, 5.41) is 5.53. The fourth-order valence-corrected chi connectivity index (χ4v) is 6.31. The van der Waals surface area contributed by atoms with Gasteiger partial charge in [-0.1, -0.05) is 48.3 Å². The van der Waals surface area contributed by atoms with Crippen LogP contribution >= 0.6 is 35.4 Å². The molecule has 0 aliphatic carbocycles. The van der Waals surface area contributed by atoms with Gasteiger partial charge >= 0.3 is 0 Å². The van der Waals surface area contributed by atoms with E-state index in [9.17, 15) is 0 Å². The predicted octanol–water partition coefficient (Wildman–Crippen LogP) is 8.37. The van der Waals surface area contributed by atoms with Crippen LogP contribution in [0.4, 0.5) is 11.4 Å². The van der Waals surface area contributed by atoms with Gasteiger partial charge in [-0.2, -0.15) is 0 Å². The van der Waals surface area contributed by atoms with E-state index in [-0.39, 0.29) is 12.1 Å². The molecule has 4 heterocycles. The average Bonchev–Trinajstić information content (AvgIpc) is 3.56. The van der Waals surface area contributed by atoms with Crippen LogP contribution in [0.5, 0.6) is 0 Å². The molecule has 6 rings (SSSR count). The summed E-state index contributed by atoms with van der Waals surface area (Å²) in [6.07, 6.45) is 4.16.